The molecule has 4 aliphatic rings. The fraction of sp³-hybridized carbons (Fsp3) is 0.900. The lowest BCUT2D eigenvalue weighted by Gasteiger charge is -2.60. The normalized spacial score (nSPS) is 50.7. The summed E-state index contributed by atoms with van der Waals surface area (Å²) in [4.78, 5) is 0. The molecule has 0 amide bonds. The van der Waals surface area contributed by atoms with Crippen LogP contribution in [0.2, 0.25) is 0 Å². The maximum absolute atomic E-state index is 10.6. The highest BCUT2D eigenvalue weighted by molar-refractivity contribution is 7.80. The van der Waals surface area contributed by atoms with Crippen LogP contribution in [-0.4, -0.2) is 22.0 Å². The van der Waals surface area contributed by atoms with Crippen molar-refractivity contribution < 1.29 is 5.11 Å². The summed E-state index contributed by atoms with van der Waals surface area (Å²) < 4.78 is 0. The highest BCUT2D eigenvalue weighted by Gasteiger charge is 2.59. The molecule has 0 heterocycles. The van der Waals surface area contributed by atoms with Crippen molar-refractivity contribution in [3.05, 3.63) is 0 Å². The number of nitrogens with two attached hydrogens (primary N) is 1. The number of nitrogens with one attached hydrogen (secondary N) is 1. The molecular weight excluding hydrogens is 330 g/mol. The Morgan fingerprint density at radius 3 is 2.64 bits per heavy atom. The van der Waals surface area contributed by atoms with Crippen LogP contribution >= 0.6 is 12.2 Å². The van der Waals surface area contributed by atoms with Gasteiger partial charge in [-0.3, -0.25) is 5.43 Å². The van der Waals surface area contributed by atoms with Gasteiger partial charge in [0.2, 0.25) is 0 Å². The average Bonchev–Trinajstić information content (AvgIpc) is 2.88. The number of rotatable bonds is 1. The first-order valence-corrected chi connectivity index (χ1v) is 10.5. The summed E-state index contributed by atoms with van der Waals surface area (Å²) in [5.41, 5.74) is 10.2. The van der Waals surface area contributed by atoms with Crippen molar-refractivity contribution in [2.75, 3.05) is 0 Å². The maximum atomic E-state index is 10.6. The van der Waals surface area contributed by atoms with Crippen LogP contribution in [0.25, 0.3) is 0 Å². The Kier molecular flexibility index (Phi) is 4.39. The molecule has 140 valence electrons. The van der Waals surface area contributed by atoms with Crippen LogP contribution < -0.4 is 11.2 Å². The number of hydrazone groups is 1. The van der Waals surface area contributed by atoms with E-state index in [2.05, 4.69) is 24.4 Å². The Morgan fingerprint density at radius 2 is 1.88 bits per heavy atom. The summed E-state index contributed by atoms with van der Waals surface area (Å²) in [7, 11) is 0. The molecule has 4 aliphatic carbocycles. The summed E-state index contributed by atoms with van der Waals surface area (Å²) in [6.07, 6.45) is 10.8. The first kappa shape index (κ1) is 17.7. The predicted octanol–water partition coefficient (Wildman–Crippen LogP) is 3.58. The number of fused-ring (bicyclic) bond motifs is 5. The fourth-order valence-corrected chi connectivity index (χ4v) is 7.31. The zero-order chi connectivity index (χ0) is 17.8. The summed E-state index contributed by atoms with van der Waals surface area (Å²) in [6.45, 7) is 4.92. The SMILES string of the molecule is C[C@]12CCC(=NNC(N)=S)C[C@@H]1CC[C@H]1[C@H]2CC[C@]2(C)[C@H](O)CC[C@@H]12. The summed E-state index contributed by atoms with van der Waals surface area (Å²) in [5, 5.41) is 15.3. The van der Waals surface area contributed by atoms with Crippen molar-refractivity contribution in [2.24, 2.45) is 45.3 Å². The van der Waals surface area contributed by atoms with E-state index in [-0.39, 0.29) is 16.6 Å². The van der Waals surface area contributed by atoms with Crippen LogP contribution in [0.3, 0.4) is 0 Å². The van der Waals surface area contributed by atoms with E-state index in [1.807, 2.05) is 0 Å². The quantitative estimate of drug-likeness (QED) is 0.492. The third-order valence-electron chi connectivity index (χ3n) is 8.77. The van der Waals surface area contributed by atoms with Crippen LogP contribution in [-0.2, 0) is 0 Å². The number of aliphatic hydroxyl groups excluding tert-OH is 1. The highest BCUT2D eigenvalue weighted by Crippen LogP contribution is 2.65. The molecule has 0 bridgehead atoms. The Balaban J connectivity index is 1.53. The molecule has 0 aliphatic heterocycles. The number of thiocarbonyl (C=S) groups is 1. The van der Waals surface area contributed by atoms with Gasteiger partial charge >= 0.3 is 0 Å². The third-order valence-corrected chi connectivity index (χ3v) is 8.86. The lowest BCUT2D eigenvalue weighted by Crippen LogP contribution is -2.54. The second-order valence-corrected chi connectivity index (χ2v) is 10.1. The zero-order valence-corrected chi connectivity index (χ0v) is 16.4. The van der Waals surface area contributed by atoms with Crippen molar-refractivity contribution in [3.63, 3.8) is 0 Å². The molecule has 0 radical (unpaired) electrons. The van der Waals surface area contributed by atoms with Gasteiger partial charge in [-0.1, -0.05) is 13.8 Å². The second kappa shape index (κ2) is 6.19. The molecule has 5 heteroatoms. The minimum Gasteiger partial charge on any atom is -0.393 e. The van der Waals surface area contributed by atoms with Gasteiger partial charge in [-0.05, 0) is 105 Å². The van der Waals surface area contributed by atoms with Crippen LogP contribution in [0.4, 0.5) is 0 Å². The van der Waals surface area contributed by atoms with Crippen LogP contribution in [0.15, 0.2) is 5.10 Å². The van der Waals surface area contributed by atoms with Crippen LogP contribution in [0.1, 0.15) is 71.6 Å². The van der Waals surface area contributed by atoms with E-state index < -0.39 is 0 Å². The Hall–Kier alpha value is -0.680. The van der Waals surface area contributed by atoms with Crippen molar-refractivity contribution in [1.82, 2.24) is 5.43 Å². The molecule has 4 nitrogen and oxygen atoms in total. The Labute approximate surface area is 157 Å². The predicted molar refractivity (Wildman–Crippen MR) is 105 cm³/mol. The van der Waals surface area contributed by atoms with Crippen molar-refractivity contribution in [2.45, 2.75) is 77.7 Å². The standard InChI is InChI=1S/C20H33N3OS/c1-19-9-7-13(22-23-18(21)25)11-12(19)3-4-14-15-5-6-17(24)20(15,2)10-8-16(14)19/h12,14-17,24H,3-11H2,1-2H3,(H3,21,23,25)/t12-,14+,15-,16+,17+,19-,20-/m0/s1. The largest absolute Gasteiger partial charge is 0.393 e. The van der Waals surface area contributed by atoms with Gasteiger partial charge in [0.1, 0.15) is 0 Å². The summed E-state index contributed by atoms with van der Waals surface area (Å²) in [6, 6.07) is 0. The van der Waals surface area contributed by atoms with E-state index in [0.29, 0.717) is 5.41 Å². The fourth-order valence-electron chi connectivity index (χ4n) is 7.27. The molecule has 0 aromatic rings. The third kappa shape index (κ3) is 2.73. The molecule has 7 atom stereocenters. The summed E-state index contributed by atoms with van der Waals surface area (Å²) >= 11 is 4.88. The Morgan fingerprint density at radius 1 is 1.12 bits per heavy atom. The smallest absolute Gasteiger partial charge is 0.184 e. The first-order valence-electron chi connectivity index (χ1n) is 10.1. The van der Waals surface area contributed by atoms with Gasteiger partial charge in [0.25, 0.3) is 0 Å². The highest BCUT2D eigenvalue weighted by atomic mass is 32.1. The number of hydrogen-bond acceptors (Lipinski definition) is 3. The van der Waals surface area contributed by atoms with Crippen molar-refractivity contribution in [3.8, 4) is 0 Å². The van der Waals surface area contributed by atoms with E-state index in [4.69, 9.17) is 18.0 Å². The molecule has 25 heavy (non-hydrogen) atoms. The molecule has 4 fully saturated rings. The molecule has 0 aromatic carbocycles. The molecule has 0 aromatic heterocycles. The first-order chi connectivity index (χ1) is 11.8. The molecule has 4 saturated carbocycles. The maximum Gasteiger partial charge on any atom is 0.184 e. The monoisotopic (exact) mass is 363 g/mol. The number of aliphatic hydroxyl groups is 1. The van der Waals surface area contributed by atoms with Crippen LogP contribution in [0, 0.1) is 34.5 Å². The molecule has 0 spiro atoms. The van der Waals surface area contributed by atoms with E-state index in [1.165, 1.54) is 44.2 Å². The number of hydrogen-bond donors (Lipinski definition) is 3. The molecule has 4 rings (SSSR count). The molecule has 0 unspecified atom stereocenters. The average molecular weight is 364 g/mol. The van der Waals surface area contributed by atoms with Gasteiger partial charge in [0.05, 0.1) is 6.10 Å². The summed E-state index contributed by atoms with van der Waals surface area (Å²) in [5.74, 6) is 3.14. The number of nitrogens with zero attached hydrogens (tertiary/aromatic N) is 1. The van der Waals surface area contributed by atoms with Gasteiger partial charge in [-0.2, -0.15) is 5.10 Å². The van der Waals surface area contributed by atoms with Crippen molar-refractivity contribution in [1.29, 1.82) is 0 Å². The zero-order valence-electron chi connectivity index (χ0n) is 15.6. The van der Waals surface area contributed by atoms with E-state index >= 15 is 0 Å². The topological polar surface area (TPSA) is 70.6 Å². The van der Waals surface area contributed by atoms with E-state index in [9.17, 15) is 5.11 Å². The van der Waals surface area contributed by atoms with Gasteiger partial charge in [-0.25, -0.2) is 0 Å². The van der Waals surface area contributed by atoms with E-state index in [0.717, 1.165) is 42.9 Å². The van der Waals surface area contributed by atoms with Gasteiger partial charge in [0, 0.05) is 5.71 Å². The van der Waals surface area contributed by atoms with Gasteiger partial charge < -0.3 is 10.8 Å². The lowest BCUT2D eigenvalue weighted by atomic mass is 9.45. The van der Waals surface area contributed by atoms with Crippen LogP contribution in [0.5, 0.6) is 0 Å². The molecule has 0 saturated heterocycles. The van der Waals surface area contributed by atoms with Gasteiger partial charge in [0.15, 0.2) is 5.11 Å². The minimum absolute atomic E-state index is 0.0692. The lowest BCUT2D eigenvalue weighted by molar-refractivity contribution is -0.112. The molecule has 4 N–H and O–H groups in total. The van der Waals surface area contributed by atoms with Crippen molar-refractivity contribution >= 4 is 23.0 Å². The second-order valence-electron chi connectivity index (χ2n) is 9.65. The van der Waals surface area contributed by atoms with Gasteiger partial charge in [-0.15, -0.1) is 0 Å². The van der Waals surface area contributed by atoms with E-state index in [1.54, 1.807) is 0 Å². The minimum atomic E-state index is -0.0692. The molecular formula is C20H33N3OS. The Bertz CT molecular complexity index is 593.